The number of rotatable bonds is 4. The number of nitrogens with zero attached hydrogens (tertiary/aromatic N) is 2. The van der Waals surface area contributed by atoms with Crippen LogP contribution in [0.3, 0.4) is 0 Å². The van der Waals surface area contributed by atoms with Gasteiger partial charge in [-0.25, -0.2) is 9.97 Å². The zero-order chi connectivity index (χ0) is 16.9. The minimum absolute atomic E-state index is 0.231. The van der Waals surface area contributed by atoms with Gasteiger partial charge in [0.05, 0.1) is 0 Å². The Balaban J connectivity index is 1.68. The molecule has 1 aromatic carbocycles. The van der Waals surface area contributed by atoms with Crippen LogP contribution in [-0.2, 0) is 0 Å². The molecule has 1 aliphatic rings. The van der Waals surface area contributed by atoms with Crippen LogP contribution in [0.4, 0.5) is 11.6 Å². The Morgan fingerprint density at radius 3 is 2.75 bits per heavy atom. The summed E-state index contributed by atoms with van der Waals surface area (Å²) >= 11 is 3.46. The van der Waals surface area contributed by atoms with Gasteiger partial charge in [-0.15, -0.1) is 0 Å². The van der Waals surface area contributed by atoms with Gasteiger partial charge in [-0.1, -0.05) is 35.2 Å². The third kappa shape index (κ3) is 4.32. The molecular formula is C18H21BrN4O. The van der Waals surface area contributed by atoms with Crippen molar-refractivity contribution in [2.45, 2.75) is 45.1 Å². The Hall–Kier alpha value is -1.95. The first kappa shape index (κ1) is 16.9. The molecule has 5 nitrogen and oxygen atoms in total. The van der Waals surface area contributed by atoms with Crippen LogP contribution in [0, 0.1) is 6.92 Å². The van der Waals surface area contributed by atoms with Crippen molar-refractivity contribution in [3.63, 3.8) is 0 Å². The minimum Gasteiger partial charge on any atom is -0.351 e. The molecule has 1 aliphatic carbocycles. The fraction of sp³-hybridized carbons (Fsp3) is 0.389. The van der Waals surface area contributed by atoms with Crippen molar-refractivity contribution in [2.24, 2.45) is 0 Å². The molecule has 1 amide bonds. The summed E-state index contributed by atoms with van der Waals surface area (Å²) < 4.78 is 1.02. The highest BCUT2D eigenvalue weighted by Crippen LogP contribution is 2.21. The van der Waals surface area contributed by atoms with E-state index < -0.39 is 0 Å². The summed E-state index contributed by atoms with van der Waals surface area (Å²) in [6, 6.07) is 7.74. The van der Waals surface area contributed by atoms with Crippen molar-refractivity contribution < 1.29 is 4.79 Å². The van der Waals surface area contributed by atoms with Crippen molar-refractivity contribution in [3.8, 4) is 0 Å². The topological polar surface area (TPSA) is 66.9 Å². The Kier molecular flexibility index (Phi) is 5.45. The molecule has 1 aromatic heterocycles. The fourth-order valence-corrected chi connectivity index (χ4v) is 3.15. The number of benzene rings is 1. The number of aryl methyl sites for hydroxylation is 1. The van der Waals surface area contributed by atoms with Crippen molar-refractivity contribution in [3.05, 3.63) is 46.2 Å². The summed E-state index contributed by atoms with van der Waals surface area (Å²) in [5.41, 5.74) is 2.18. The molecule has 3 rings (SSSR count). The normalized spacial score (nSPS) is 15.1. The van der Waals surface area contributed by atoms with E-state index in [1.807, 2.05) is 25.1 Å². The summed E-state index contributed by atoms with van der Waals surface area (Å²) in [5.74, 6) is 0.298. The molecule has 0 radical (unpaired) electrons. The smallest absolute Gasteiger partial charge is 0.274 e. The number of anilines is 2. The first-order valence-corrected chi connectivity index (χ1v) is 9.08. The molecule has 0 spiro atoms. The molecule has 1 fully saturated rings. The van der Waals surface area contributed by atoms with Gasteiger partial charge in [0.25, 0.3) is 5.91 Å². The average molecular weight is 389 g/mol. The predicted molar refractivity (Wildman–Crippen MR) is 99.4 cm³/mol. The Labute approximate surface area is 150 Å². The summed E-state index contributed by atoms with van der Waals surface area (Å²) in [6.07, 6.45) is 7.67. The summed E-state index contributed by atoms with van der Waals surface area (Å²) in [7, 11) is 0. The number of nitrogens with one attached hydrogen (secondary N) is 2. The highest BCUT2D eigenvalue weighted by Gasteiger charge is 2.15. The van der Waals surface area contributed by atoms with Gasteiger partial charge in [0, 0.05) is 22.4 Å². The lowest BCUT2D eigenvalue weighted by Crippen LogP contribution is -2.24. The first-order valence-electron chi connectivity index (χ1n) is 8.29. The second kappa shape index (κ2) is 7.75. The molecule has 0 saturated heterocycles. The minimum atomic E-state index is -0.231. The van der Waals surface area contributed by atoms with E-state index >= 15 is 0 Å². The molecule has 0 atom stereocenters. The van der Waals surface area contributed by atoms with Crippen molar-refractivity contribution in [1.82, 2.24) is 9.97 Å². The second-order valence-electron chi connectivity index (χ2n) is 6.16. The van der Waals surface area contributed by atoms with Crippen LogP contribution in [0.5, 0.6) is 0 Å². The highest BCUT2D eigenvalue weighted by atomic mass is 79.9. The van der Waals surface area contributed by atoms with Crippen LogP contribution in [0.15, 0.2) is 34.9 Å². The summed E-state index contributed by atoms with van der Waals surface area (Å²) in [5, 5.41) is 6.23. The van der Waals surface area contributed by atoms with Crippen LogP contribution >= 0.6 is 15.9 Å². The molecule has 1 heterocycles. The van der Waals surface area contributed by atoms with E-state index in [1.165, 1.54) is 19.3 Å². The van der Waals surface area contributed by atoms with E-state index in [2.05, 4.69) is 36.5 Å². The van der Waals surface area contributed by atoms with Gasteiger partial charge in [-0.05, 0) is 49.6 Å². The quantitative estimate of drug-likeness (QED) is 0.806. The van der Waals surface area contributed by atoms with E-state index in [0.717, 1.165) is 28.6 Å². The standard InChI is InChI=1S/C18H21BrN4O/c1-12-11-14(7-8-15(12)19)21-17(24)16-9-10-20-18(23-16)22-13-5-3-2-4-6-13/h7-11,13H,2-6H2,1H3,(H,21,24)(H,20,22,23). The van der Waals surface area contributed by atoms with E-state index in [4.69, 9.17) is 0 Å². The lowest BCUT2D eigenvalue weighted by atomic mass is 9.96. The number of hydrogen-bond donors (Lipinski definition) is 2. The third-order valence-corrected chi connectivity index (χ3v) is 5.13. The van der Waals surface area contributed by atoms with E-state index in [9.17, 15) is 4.79 Å². The molecule has 6 heteroatoms. The summed E-state index contributed by atoms with van der Waals surface area (Å²) in [6.45, 7) is 1.98. The largest absolute Gasteiger partial charge is 0.351 e. The Morgan fingerprint density at radius 2 is 2.00 bits per heavy atom. The van der Waals surface area contributed by atoms with Gasteiger partial charge in [-0.3, -0.25) is 4.79 Å². The third-order valence-electron chi connectivity index (χ3n) is 4.24. The van der Waals surface area contributed by atoms with Crippen LogP contribution in [0.1, 0.15) is 48.2 Å². The van der Waals surface area contributed by atoms with E-state index in [-0.39, 0.29) is 5.91 Å². The van der Waals surface area contributed by atoms with Crippen LogP contribution in [-0.4, -0.2) is 21.9 Å². The van der Waals surface area contributed by atoms with Gasteiger partial charge in [0.15, 0.2) is 0 Å². The second-order valence-corrected chi connectivity index (χ2v) is 7.02. The van der Waals surface area contributed by atoms with Gasteiger partial charge in [0.1, 0.15) is 5.69 Å². The zero-order valence-electron chi connectivity index (χ0n) is 13.7. The van der Waals surface area contributed by atoms with E-state index in [0.29, 0.717) is 17.7 Å². The number of aromatic nitrogens is 2. The molecule has 1 saturated carbocycles. The zero-order valence-corrected chi connectivity index (χ0v) is 15.3. The van der Waals surface area contributed by atoms with Crippen LogP contribution < -0.4 is 10.6 Å². The number of carbonyl (C=O) groups excluding carboxylic acids is 1. The van der Waals surface area contributed by atoms with Gasteiger partial charge in [0.2, 0.25) is 5.95 Å². The van der Waals surface area contributed by atoms with Gasteiger partial charge in [-0.2, -0.15) is 0 Å². The maximum Gasteiger partial charge on any atom is 0.274 e. The van der Waals surface area contributed by atoms with Crippen LogP contribution in [0.25, 0.3) is 0 Å². The van der Waals surface area contributed by atoms with Gasteiger partial charge < -0.3 is 10.6 Å². The first-order chi connectivity index (χ1) is 11.6. The van der Waals surface area contributed by atoms with E-state index in [1.54, 1.807) is 12.3 Å². The SMILES string of the molecule is Cc1cc(NC(=O)c2ccnc(NC3CCCCC3)n2)ccc1Br. The predicted octanol–water partition coefficient (Wildman–Crippen LogP) is 4.54. The van der Waals surface area contributed by atoms with Crippen LogP contribution in [0.2, 0.25) is 0 Å². The number of halogens is 1. The lowest BCUT2D eigenvalue weighted by Gasteiger charge is -2.22. The lowest BCUT2D eigenvalue weighted by molar-refractivity contribution is 0.102. The van der Waals surface area contributed by atoms with Gasteiger partial charge >= 0.3 is 0 Å². The molecule has 126 valence electrons. The molecule has 2 aromatic rings. The number of hydrogen-bond acceptors (Lipinski definition) is 4. The molecule has 2 N–H and O–H groups in total. The van der Waals surface area contributed by atoms with Crippen molar-refractivity contribution in [1.29, 1.82) is 0 Å². The highest BCUT2D eigenvalue weighted by molar-refractivity contribution is 9.10. The Bertz CT molecular complexity index is 729. The maximum atomic E-state index is 12.4. The number of amides is 1. The fourth-order valence-electron chi connectivity index (χ4n) is 2.90. The molecular weight excluding hydrogens is 368 g/mol. The molecule has 24 heavy (non-hydrogen) atoms. The van der Waals surface area contributed by atoms with Crippen molar-refractivity contribution >= 4 is 33.5 Å². The number of carbonyl (C=O) groups is 1. The maximum absolute atomic E-state index is 12.4. The molecule has 0 aliphatic heterocycles. The monoisotopic (exact) mass is 388 g/mol. The Morgan fingerprint density at radius 1 is 1.21 bits per heavy atom. The molecule has 0 bridgehead atoms. The molecule has 0 unspecified atom stereocenters. The van der Waals surface area contributed by atoms with Crippen molar-refractivity contribution in [2.75, 3.05) is 10.6 Å². The summed E-state index contributed by atoms with van der Waals surface area (Å²) in [4.78, 5) is 21.0. The average Bonchev–Trinajstić information content (AvgIpc) is 2.59.